The summed E-state index contributed by atoms with van der Waals surface area (Å²) in [7, 11) is 0. The van der Waals surface area contributed by atoms with Crippen LogP contribution in [0.4, 0.5) is 10.1 Å². The zero-order valence-corrected chi connectivity index (χ0v) is 13.8. The first kappa shape index (κ1) is 15.8. The smallest absolute Gasteiger partial charge is 0.336 e. The van der Waals surface area contributed by atoms with Crippen LogP contribution in [0.15, 0.2) is 59.8 Å². The fourth-order valence-corrected chi connectivity index (χ4v) is 3.66. The Morgan fingerprint density at radius 2 is 1.92 bits per heavy atom. The predicted molar refractivity (Wildman–Crippen MR) is 90.7 cm³/mol. The number of hydrogen-bond acceptors (Lipinski definition) is 3. The summed E-state index contributed by atoms with van der Waals surface area (Å²) in [6.45, 7) is -0.0165. The Balaban J connectivity index is 1.86. The van der Waals surface area contributed by atoms with Crippen LogP contribution in [-0.2, 0) is 14.3 Å². The Labute approximate surface area is 148 Å². The molecule has 6 heteroatoms. The number of amides is 1. The summed E-state index contributed by atoms with van der Waals surface area (Å²) >= 11 is 6.27. The van der Waals surface area contributed by atoms with Crippen molar-refractivity contribution in [2.24, 2.45) is 0 Å². The molecule has 4 rings (SSSR count). The number of halogens is 2. The molecular weight excluding hydrogens is 345 g/mol. The highest BCUT2D eigenvalue weighted by molar-refractivity contribution is 6.31. The molecule has 25 heavy (non-hydrogen) atoms. The lowest BCUT2D eigenvalue weighted by Crippen LogP contribution is -2.37. The Bertz CT molecular complexity index is 924. The van der Waals surface area contributed by atoms with Crippen molar-refractivity contribution in [3.8, 4) is 0 Å². The first-order valence-corrected chi connectivity index (χ1v) is 8.17. The van der Waals surface area contributed by atoms with Gasteiger partial charge in [-0.15, -0.1) is 0 Å². The van der Waals surface area contributed by atoms with Gasteiger partial charge in [-0.1, -0.05) is 35.9 Å². The van der Waals surface area contributed by atoms with Crippen LogP contribution in [0, 0.1) is 5.82 Å². The van der Waals surface area contributed by atoms with Crippen LogP contribution < -0.4 is 4.90 Å². The average molecular weight is 358 g/mol. The second kappa shape index (κ2) is 6.01. The standard InChI is InChI=1S/C19H13ClFNO3/c20-15-7-2-1-6-13(15)14-9-17(23)22(12-5-3-4-11(21)8-12)16-10-25-19(24)18(14)16/h1-8,14H,9-10H2. The van der Waals surface area contributed by atoms with E-state index >= 15 is 0 Å². The Kier molecular flexibility index (Phi) is 3.81. The van der Waals surface area contributed by atoms with Gasteiger partial charge in [-0.25, -0.2) is 9.18 Å². The summed E-state index contributed by atoms with van der Waals surface area (Å²) in [5.74, 6) is -1.61. The predicted octanol–water partition coefficient (Wildman–Crippen LogP) is 3.81. The number of benzene rings is 2. The van der Waals surface area contributed by atoms with Crippen LogP contribution in [0.3, 0.4) is 0 Å². The molecular formula is C19H13ClFNO3. The highest BCUT2D eigenvalue weighted by Gasteiger charge is 2.43. The molecule has 0 bridgehead atoms. The first-order valence-electron chi connectivity index (χ1n) is 7.79. The molecule has 2 aliphatic heterocycles. The maximum Gasteiger partial charge on any atom is 0.336 e. The van der Waals surface area contributed by atoms with Gasteiger partial charge in [-0.3, -0.25) is 9.69 Å². The molecule has 0 N–H and O–H groups in total. The molecule has 0 radical (unpaired) electrons. The highest BCUT2D eigenvalue weighted by Crippen LogP contribution is 2.43. The molecule has 2 aromatic rings. The molecule has 0 spiro atoms. The van der Waals surface area contributed by atoms with Crippen molar-refractivity contribution in [3.63, 3.8) is 0 Å². The van der Waals surface area contributed by atoms with E-state index in [0.717, 1.165) is 0 Å². The second-order valence-corrected chi connectivity index (χ2v) is 6.33. The van der Waals surface area contributed by atoms with Gasteiger partial charge in [0.15, 0.2) is 0 Å². The van der Waals surface area contributed by atoms with Crippen molar-refractivity contribution in [1.29, 1.82) is 0 Å². The Morgan fingerprint density at radius 1 is 1.12 bits per heavy atom. The number of ether oxygens (including phenoxy) is 1. The summed E-state index contributed by atoms with van der Waals surface area (Å²) in [5, 5.41) is 0.492. The number of esters is 1. The van der Waals surface area contributed by atoms with Gasteiger partial charge in [-0.2, -0.15) is 0 Å². The third-order valence-corrected chi connectivity index (χ3v) is 4.81. The molecule has 2 heterocycles. The van der Waals surface area contributed by atoms with Crippen LogP contribution in [0.2, 0.25) is 5.02 Å². The van der Waals surface area contributed by atoms with Crippen LogP contribution in [0.5, 0.6) is 0 Å². The van der Waals surface area contributed by atoms with E-state index in [9.17, 15) is 14.0 Å². The van der Waals surface area contributed by atoms with Gasteiger partial charge in [0.1, 0.15) is 12.4 Å². The molecule has 0 fully saturated rings. The third-order valence-electron chi connectivity index (χ3n) is 4.46. The van der Waals surface area contributed by atoms with Gasteiger partial charge in [0.2, 0.25) is 5.91 Å². The summed E-state index contributed by atoms with van der Waals surface area (Å²) in [5.41, 5.74) is 1.96. The molecule has 2 aromatic carbocycles. The van der Waals surface area contributed by atoms with Crippen molar-refractivity contribution in [2.45, 2.75) is 12.3 Å². The van der Waals surface area contributed by atoms with E-state index < -0.39 is 17.7 Å². The maximum atomic E-state index is 13.6. The van der Waals surface area contributed by atoms with E-state index in [1.54, 1.807) is 24.3 Å². The monoisotopic (exact) mass is 357 g/mol. The zero-order chi connectivity index (χ0) is 17.6. The highest BCUT2D eigenvalue weighted by atomic mass is 35.5. The number of nitrogens with zero attached hydrogens (tertiary/aromatic N) is 1. The Morgan fingerprint density at radius 3 is 2.68 bits per heavy atom. The van der Waals surface area contributed by atoms with E-state index in [0.29, 0.717) is 27.5 Å². The quantitative estimate of drug-likeness (QED) is 0.768. The molecule has 4 nitrogen and oxygen atoms in total. The van der Waals surface area contributed by atoms with Crippen molar-refractivity contribution in [2.75, 3.05) is 11.5 Å². The minimum atomic E-state index is -0.464. The van der Waals surface area contributed by atoms with Gasteiger partial charge in [-0.05, 0) is 29.8 Å². The maximum absolute atomic E-state index is 13.6. The number of rotatable bonds is 2. The van der Waals surface area contributed by atoms with E-state index in [4.69, 9.17) is 16.3 Å². The number of cyclic esters (lactones) is 1. The second-order valence-electron chi connectivity index (χ2n) is 5.92. The fraction of sp³-hybridized carbons (Fsp3) is 0.158. The van der Waals surface area contributed by atoms with Crippen LogP contribution in [-0.4, -0.2) is 18.5 Å². The van der Waals surface area contributed by atoms with E-state index in [-0.39, 0.29) is 18.9 Å². The zero-order valence-electron chi connectivity index (χ0n) is 13.0. The lowest BCUT2D eigenvalue weighted by molar-refractivity contribution is -0.136. The molecule has 0 saturated heterocycles. The SMILES string of the molecule is O=C1OCC2=C1C(c1ccccc1Cl)CC(=O)N2c1cccc(F)c1. The molecule has 1 atom stereocenters. The normalized spacial score (nSPS) is 19.9. The van der Waals surface area contributed by atoms with Gasteiger partial charge in [0.25, 0.3) is 0 Å². The molecule has 126 valence electrons. The van der Waals surface area contributed by atoms with Crippen LogP contribution in [0.1, 0.15) is 17.9 Å². The molecule has 0 aromatic heterocycles. The fourth-order valence-electron chi connectivity index (χ4n) is 3.39. The van der Waals surface area contributed by atoms with Gasteiger partial charge >= 0.3 is 5.97 Å². The minimum absolute atomic E-state index is 0.0165. The van der Waals surface area contributed by atoms with Crippen LogP contribution in [0.25, 0.3) is 0 Å². The first-order chi connectivity index (χ1) is 12.1. The van der Waals surface area contributed by atoms with Gasteiger partial charge in [0, 0.05) is 17.4 Å². The lowest BCUT2D eigenvalue weighted by Gasteiger charge is -2.32. The third kappa shape index (κ3) is 2.61. The van der Waals surface area contributed by atoms with E-state index in [1.165, 1.54) is 23.1 Å². The molecule has 0 saturated carbocycles. The largest absolute Gasteiger partial charge is 0.456 e. The van der Waals surface area contributed by atoms with Crippen molar-refractivity contribution in [3.05, 3.63) is 76.2 Å². The number of carbonyl (C=O) groups excluding carboxylic acids is 2. The van der Waals surface area contributed by atoms with Crippen molar-refractivity contribution in [1.82, 2.24) is 0 Å². The van der Waals surface area contributed by atoms with Crippen LogP contribution >= 0.6 is 11.6 Å². The summed E-state index contributed by atoms with van der Waals surface area (Å²) in [6, 6.07) is 12.8. The average Bonchev–Trinajstić information content (AvgIpc) is 2.96. The van der Waals surface area contributed by atoms with Gasteiger partial charge in [0.05, 0.1) is 17.0 Å². The van der Waals surface area contributed by atoms with Crippen molar-refractivity contribution >= 4 is 29.2 Å². The molecule has 2 aliphatic rings. The Hall–Kier alpha value is -2.66. The molecule has 0 aliphatic carbocycles. The van der Waals surface area contributed by atoms with Gasteiger partial charge < -0.3 is 4.74 Å². The van der Waals surface area contributed by atoms with E-state index in [2.05, 4.69) is 0 Å². The minimum Gasteiger partial charge on any atom is -0.456 e. The summed E-state index contributed by atoms with van der Waals surface area (Å²) in [6.07, 6.45) is 0.0637. The molecule has 1 amide bonds. The van der Waals surface area contributed by atoms with E-state index in [1.807, 2.05) is 6.07 Å². The number of hydrogen-bond donors (Lipinski definition) is 0. The summed E-state index contributed by atoms with van der Waals surface area (Å²) in [4.78, 5) is 26.5. The number of carbonyl (C=O) groups is 2. The number of anilines is 1. The molecule has 1 unspecified atom stereocenters. The lowest BCUT2D eigenvalue weighted by atomic mass is 9.84. The van der Waals surface area contributed by atoms with Crippen molar-refractivity contribution < 1.29 is 18.7 Å². The topological polar surface area (TPSA) is 46.6 Å². The summed E-state index contributed by atoms with van der Waals surface area (Å²) < 4.78 is 18.8.